The molecule has 0 N–H and O–H groups in total. The van der Waals surface area contributed by atoms with Crippen molar-refractivity contribution in [1.29, 1.82) is 0 Å². The number of benzene rings is 1. The van der Waals surface area contributed by atoms with Crippen LogP contribution in [0.2, 0.25) is 0 Å². The molecule has 3 atom stereocenters. The summed E-state index contributed by atoms with van der Waals surface area (Å²) in [6.45, 7) is 0.0848. The third kappa shape index (κ3) is 5.11. The van der Waals surface area contributed by atoms with Crippen molar-refractivity contribution in [2.45, 2.75) is 57.3 Å². The fourth-order valence-corrected chi connectivity index (χ4v) is 4.39. The molecule has 164 valence electrons. The Morgan fingerprint density at radius 1 is 1.03 bits per heavy atom. The molecule has 0 bridgehead atoms. The van der Waals surface area contributed by atoms with Gasteiger partial charge in [0.2, 0.25) is 0 Å². The molecule has 2 fully saturated rings. The van der Waals surface area contributed by atoms with Crippen LogP contribution >= 0.6 is 0 Å². The molecule has 8 nitrogen and oxygen atoms in total. The number of hydrogen-bond acceptors (Lipinski definition) is 7. The molecule has 1 heterocycles. The second-order valence-corrected chi connectivity index (χ2v) is 7.73. The van der Waals surface area contributed by atoms with Gasteiger partial charge in [-0.1, -0.05) is 49.6 Å². The number of rotatable bonds is 6. The zero-order valence-electron chi connectivity index (χ0n) is 17.5. The Bertz CT molecular complexity index is 732. The highest BCUT2D eigenvalue weighted by molar-refractivity contribution is 5.78. The zero-order valence-corrected chi connectivity index (χ0v) is 17.5. The van der Waals surface area contributed by atoms with Crippen LogP contribution in [-0.4, -0.2) is 49.5 Å². The quantitative estimate of drug-likeness (QED) is 0.516. The van der Waals surface area contributed by atoms with Crippen LogP contribution in [0, 0.1) is 11.8 Å². The summed E-state index contributed by atoms with van der Waals surface area (Å²) in [6, 6.07) is 8.77. The molecule has 1 aliphatic carbocycles. The van der Waals surface area contributed by atoms with E-state index in [4.69, 9.17) is 19.0 Å². The highest BCUT2D eigenvalue weighted by Gasteiger charge is 2.54. The largest absolute Gasteiger partial charge is 0.469 e. The van der Waals surface area contributed by atoms with Crippen LogP contribution in [0.4, 0.5) is 4.79 Å². The van der Waals surface area contributed by atoms with Gasteiger partial charge in [-0.2, -0.15) is 5.06 Å². The third-order valence-electron chi connectivity index (χ3n) is 5.87. The van der Waals surface area contributed by atoms with E-state index in [2.05, 4.69) is 0 Å². The van der Waals surface area contributed by atoms with Gasteiger partial charge in [0.05, 0.1) is 26.7 Å². The Kier molecular flexibility index (Phi) is 7.68. The smallest absolute Gasteiger partial charge is 0.434 e. The number of nitrogens with zero attached hydrogens (tertiary/aromatic N) is 1. The van der Waals surface area contributed by atoms with Crippen LogP contribution in [0.3, 0.4) is 0 Å². The Labute approximate surface area is 176 Å². The lowest BCUT2D eigenvalue weighted by atomic mass is 9.77. The first-order chi connectivity index (χ1) is 14.5. The van der Waals surface area contributed by atoms with E-state index in [1.807, 2.05) is 30.3 Å². The lowest BCUT2D eigenvalue weighted by Gasteiger charge is -2.33. The number of carbonyl (C=O) groups is 3. The van der Waals surface area contributed by atoms with Gasteiger partial charge in [-0.3, -0.25) is 14.4 Å². The number of esters is 2. The topological polar surface area (TPSA) is 91.4 Å². The SMILES string of the molecule is COC(=O)C[C@@H]1ON(C(=O)OCc2ccccc2)[C@H](C2CCCCC2)[C@H]1C(=O)OC. The average molecular weight is 419 g/mol. The molecule has 30 heavy (non-hydrogen) atoms. The van der Waals surface area contributed by atoms with Gasteiger partial charge >= 0.3 is 18.0 Å². The molecule has 2 aliphatic rings. The fourth-order valence-electron chi connectivity index (χ4n) is 4.39. The molecule has 3 rings (SSSR count). The summed E-state index contributed by atoms with van der Waals surface area (Å²) in [5.41, 5.74) is 0.842. The predicted octanol–water partition coefficient (Wildman–Crippen LogP) is 3.24. The monoisotopic (exact) mass is 419 g/mol. The summed E-state index contributed by atoms with van der Waals surface area (Å²) in [4.78, 5) is 43.3. The van der Waals surface area contributed by atoms with Crippen LogP contribution in [0.5, 0.6) is 0 Å². The summed E-state index contributed by atoms with van der Waals surface area (Å²) >= 11 is 0. The van der Waals surface area contributed by atoms with E-state index in [-0.39, 0.29) is 18.9 Å². The van der Waals surface area contributed by atoms with Crippen LogP contribution in [0.25, 0.3) is 0 Å². The van der Waals surface area contributed by atoms with Gasteiger partial charge in [-0.15, -0.1) is 0 Å². The summed E-state index contributed by atoms with van der Waals surface area (Å²) in [7, 11) is 2.57. The van der Waals surface area contributed by atoms with Crippen molar-refractivity contribution in [3.63, 3.8) is 0 Å². The molecule has 0 spiro atoms. The second kappa shape index (κ2) is 10.4. The Hall–Kier alpha value is -2.61. The van der Waals surface area contributed by atoms with Gasteiger partial charge in [0, 0.05) is 0 Å². The molecule has 1 amide bonds. The molecule has 1 saturated heterocycles. The Morgan fingerprint density at radius 2 is 1.73 bits per heavy atom. The van der Waals surface area contributed by atoms with Gasteiger partial charge in [0.15, 0.2) is 0 Å². The molecular formula is C22H29NO7. The van der Waals surface area contributed by atoms with Crippen molar-refractivity contribution in [3.05, 3.63) is 35.9 Å². The first-order valence-electron chi connectivity index (χ1n) is 10.4. The summed E-state index contributed by atoms with van der Waals surface area (Å²) < 4.78 is 15.2. The first kappa shape index (κ1) is 22.1. The van der Waals surface area contributed by atoms with Gasteiger partial charge in [0.25, 0.3) is 0 Å². The summed E-state index contributed by atoms with van der Waals surface area (Å²) in [5.74, 6) is -1.73. The standard InChI is InChI=1S/C22H29NO7/c1-27-18(24)13-17-19(21(25)28-2)20(16-11-7-4-8-12-16)23(30-17)22(26)29-14-15-9-5-3-6-10-15/h3,5-6,9-10,16-17,19-20H,4,7-8,11-14H2,1-2H3/t17-,19-,20+/m0/s1. The lowest BCUT2D eigenvalue weighted by molar-refractivity contribution is -0.164. The Morgan fingerprint density at radius 3 is 2.37 bits per heavy atom. The van der Waals surface area contributed by atoms with Gasteiger partial charge in [0.1, 0.15) is 18.6 Å². The molecule has 0 unspecified atom stereocenters. The van der Waals surface area contributed by atoms with Crippen molar-refractivity contribution in [2.24, 2.45) is 11.8 Å². The van der Waals surface area contributed by atoms with E-state index in [0.29, 0.717) is 0 Å². The minimum atomic E-state index is -0.846. The first-order valence-corrected chi connectivity index (χ1v) is 10.4. The van der Waals surface area contributed by atoms with E-state index in [1.165, 1.54) is 14.2 Å². The van der Waals surface area contributed by atoms with Crippen LogP contribution in [-0.2, 0) is 35.2 Å². The molecule has 8 heteroatoms. The Balaban J connectivity index is 1.82. The van der Waals surface area contributed by atoms with E-state index in [0.717, 1.165) is 42.7 Å². The number of carbonyl (C=O) groups excluding carboxylic acids is 3. The fraction of sp³-hybridized carbons (Fsp3) is 0.591. The normalized spacial score (nSPS) is 24.3. The van der Waals surface area contributed by atoms with E-state index in [9.17, 15) is 14.4 Å². The van der Waals surface area contributed by atoms with Gasteiger partial charge in [-0.25, -0.2) is 4.79 Å². The lowest BCUT2D eigenvalue weighted by Crippen LogP contribution is -2.45. The van der Waals surface area contributed by atoms with Crippen molar-refractivity contribution in [3.8, 4) is 0 Å². The highest BCUT2D eigenvalue weighted by Crippen LogP contribution is 2.41. The second-order valence-electron chi connectivity index (χ2n) is 7.73. The van der Waals surface area contributed by atoms with Crippen LogP contribution < -0.4 is 0 Å². The highest BCUT2D eigenvalue weighted by atomic mass is 16.7. The minimum absolute atomic E-state index is 0.0646. The third-order valence-corrected chi connectivity index (χ3v) is 5.87. The molecule has 0 radical (unpaired) electrons. The van der Waals surface area contributed by atoms with Crippen molar-refractivity contribution in [2.75, 3.05) is 14.2 Å². The van der Waals surface area contributed by atoms with Gasteiger partial charge in [-0.05, 0) is 24.3 Å². The van der Waals surface area contributed by atoms with Crippen LogP contribution in [0.1, 0.15) is 44.1 Å². The number of hydrogen-bond donors (Lipinski definition) is 0. The summed E-state index contributed by atoms with van der Waals surface area (Å²) in [5, 5.41) is 1.16. The van der Waals surface area contributed by atoms with Crippen LogP contribution in [0.15, 0.2) is 30.3 Å². The maximum atomic E-state index is 12.9. The number of ether oxygens (including phenoxy) is 3. The van der Waals surface area contributed by atoms with Crippen molar-refractivity contribution < 1.29 is 33.4 Å². The van der Waals surface area contributed by atoms with E-state index < -0.39 is 36.1 Å². The molecular weight excluding hydrogens is 390 g/mol. The maximum Gasteiger partial charge on any atom is 0.434 e. The summed E-state index contributed by atoms with van der Waals surface area (Å²) in [6.07, 6.45) is 3.23. The predicted molar refractivity (Wildman–Crippen MR) is 106 cm³/mol. The number of methoxy groups -OCH3 is 2. The van der Waals surface area contributed by atoms with Crippen molar-refractivity contribution in [1.82, 2.24) is 5.06 Å². The van der Waals surface area contributed by atoms with E-state index in [1.54, 1.807) is 0 Å². The minimum Gasteiger partial charge on any atom is -0.469 e. The number of amides is 1. The number of hydroxylamine groups is 2. The average Bonchev–Trinajstić information content (AvgIpc) is 3.17. The van der Waals surface area contributed by atoms with Gasteiger partial charge < -0.3 is 14.2 Å². The molecule has 1 aromatic rings. The molecule has 0 aromatic heterocycles. The molecule has 1 aliphatic heterocycles. The molecule has 1 saturated carbocycles. The molecule has 1 aromatic carbocycles. The van der Waals surface area contributed by atoms with Crippen molar-refractivity contribution >= 4 is 18.0 Å². The maximum absolute atomic E-state index is 12.9. The van der Waals surface area contributed by atoms with E-state index >= 15 is 0 Å². The zero-order chi connectivity index (χ0) is 21.5.